The van der Waals surface area contributed by atoms with Crippen molar-refractivity contribution >= 4 is 34.5 Å². The zero-order valence-electron chi connectivity index (χ0n) is 17.9. The number of esters is 1. The molecule has 1 fully saturated rings. The number of nitrogens with zero attached hydrogens (tertiary/aromatic N) is 3. The average Bonchev–Trinajstić information content (AvgIpc) is 3.37. The molecule has 1 unspecified atom stereocenters. The predicted molar refractivity (Wildman–Crippen MR) is 123 cm³/mol. The van der Waals surface area contributed by atoms with E-state index in [9.17, 15) is 14.4 Å². The van der Waals surface area contributed by atoms with E-state index in [1.807, 2.05) is 41.3 Å². The van der Waals surface area contributed by atoms with Crippen LogP contribution in [-0.2, 0) is 20.9 Å². The van der Waals surface area contributed by atoms with Crippen LogP contribution in [0.15, 0.2) is 64.5 Å². The first-order valence-electron chi connectivity index (χ1n) is 10.7. The molecule has 1 aliphatic rings. The molecule has 1 atom stereocenters. The lowest BCUT2D eigenvalue weighted by Crippen LogP contribution is -2.32. The Balaban J connectivity index is 1.77. The maximum Gasteiger partial charge on any atom is 0.307 e. The molecule has 1 aliphatic heterocycles. The van der Waals surface area contributed by atoms with Crippen molar-refractivity contribution in [3.63, 3.8) is 0 Å². The molecular formula is C24H25N3O4S. The van der Waals surface area contributed by atoms with Crippen LogP contribution in [0.3, 0.4) is 0 Å². The van der Waals surface area contributed by atoms with Crippen molar-refractivity contribution in [3.8, 4) is 0 Å². The Labute approximate surface area is 190 Å². The summed E-state index contributed by atoms with van der Waals surface area (Å²) in [6, 6.07) is 16.7. The van der Waals surface area contributed by atoms with Gasteiger partial charge in [0.2, 0.25) is 5.91 Å². The second-order valence-electron chi connectivity index (χ2n) is 7.64. The van der Waals surface area contributed by atoms with Crippen LogP contribution in [0.5, 0.6) is 0 Å². The number of benzene rings is 2. The summed E-state index contributed by atoms with van der Waals surface area (Å²) in [7, 11) is 1.32. The van der Waals surface area contributed by atoms with Gasteiger partial charge in [-0.2, -0.15) is 0 Å². The smallest absolute Gasteiger partial charge is 0.307 e. The van der Waals surface area contributed by atoms with Gasteiger partial charge in [-0.3, -0.25) is 19.0 Å². The highest BCUT2D eigenvalue weighted by atomic mass is 32.2. The van der Waals surface area contributed by atoms with Crippen molar-refractivity contribution in [3.05, 3.63) is 70.5 Å². The van der Waals surface area contributed by atoms with Crippen LogP contribution in [0.25, 0.3) is 10.9 Å². The Hall–Kier alpha value is -3.13. The summed E-state index contributed by atoms with van der Waals surface area (Å²) in [5.74, 6) is -0.394. The SMILES string of the molecule is COC(=O)CCn1c(SC(C(=O)N2CCCC2)c2ccccc2)nc2ccccc2c1=O. The zero-order chi connectivity index (χ0) is 22.5. The lowest BCUT2D eigenvalue weighted by Gasteiger charge is -2.24. The Morgan fingerprint density at radius 3 is 2.47 bits per heavy atom. The number of likely N-dealkylation sites (tertiary alicyclic amines) is 1. The minimum atomic E-state index is -0.535. The Bertz CT molecular complexity index is 1170. The number of hydrogen-bond donors (Lipinski definition) is 0. The summed E-state index contributed by atoms with van der Waals surface area (Å²) < 4.78 is 6.24. The topological polar surface area (TPSA) is 81.5 Å². The summed E-state index contributed by atoms with van der Waals surface area (Å²) in [6.07, 6.45) is 2.03. The molecule has 0 radical (unpaired) electrons. The predicted octanol–water partition coefficient (Wildman–Crippen LogP) is 3.42. The average molecular weight is 452 g/mol. The number of para-hydroxylation sites is 1. The molecule has 0 N–H and O–H groups in total. The van der Waals surface area contributed by atoms with Crippen molar-refractivity contribution in [1.82, 2.24) is 14.5 Å². The third-order valence-electron chi connectivity index (χ3n) is 5.56. The van der Waals surface area contributed by atoms with Crippen LogP contribution in [0.1, 0.15) is 30.1 Å². The summed E-state index contributed by atoms with van der Waals surface area (Å²) in [4.78, 5) is 45.1. The zero-order valence-corrected chi connectivity index (χ0v) is 18.7. The largest absolute Gasteiger partial charge is 0.469 e. The Morgan fingerprint density at radius 1 is 1.06 bits per heavy atom. The molecule has 166 valence electrons. The highest BCUT2D eigenvalue weighted by molar-refractivity contribution is 8.00. The monoisotopic (exact) mass is 451 g/mol. The molecule has 8 heteroatoms. The lowest BCUT2D eigenvalue weighted by atomic mass is 10.1. The fourth-order valence-corrected chi connectivity index (χ4v) is 5.04. The number of hydrogen-bond acceptors (Lipinski definition) is 6. The minimum Gasteiger partial charge on any atom is -0.469 e. The van der Waals surface area contributed by atoms with Crippen molar-refractivity contribution in [2.45, 2.75) is 36.2 Å². The van der Waals surface area contributed by atoms with Crippen LogP contribution in [0.4, 0.5) is 0 Å². The first kappa shape index (κ1) is 22.1. The molecule has 2 aromatic carbocycles. The van der Waals surface area contributed by atoms with Crippen molar-refractivity contribution in [2.75, 3.05) is 20.2 Å². The van der Waals surface area contributed by atoms with E-state index in [1.54, 1.807) is 18.2 Å². The lowest BCUT2D eigenvalue weighted by molar-refractivity contribution is -0.141. The van der Waals surface area contributed by atoms with Crippen LogP contribution in [0, 0.1) is 0 Å². The molecule has 7 nitrogen and oxygen atoms in total. The summed E-state index contributed by atoms with van der Waals surface area (Å²) >= 11 is 1.26. The van der Waals surface area contributed by atoms with Gasteiger partial charge in [0.1, 0.15) is 5.25 Å². The molecule has 0 aliphatic carbocycles. The van der Waals surface area contributed by atoms with E-state index in [0.29, 0.717) is 16.1 Å². The normalized spacial score (nSPS) is 14.5. The van der Waals surface area contributed by atoms with Crippen LogP contribution in [-0.4, -0.2) is 46.5 Å². The number of amides is 1. The molecule has 0 bridgehead atoms. The van der Waals surface area contributed by atoms with E-state index >= 15 is 0 Å². The Morgan fingerprint density at radius 2 is 1.75 bits per heavy atom. The van der Waals surface area contributed by atoms with Crippen molar-refractivity contribution in [2.24, 2.45) is 0 Å². The van der Waals surface area contributed by atoms with E-state index in [0.717, 1.165) is 31.5 Å². The molecule has 4 rings (SSSR count). The van der Waals surface area contributed by atoms with Crippen LogP contribution >= 0.6 is 11.8 Å². The number of aromatic nitrogens is 2. The summed E-state index contributed by atoms with van der Waals surface area (Å²) in [5, 5.41) is 0.356. The van der Waals surface area contributed by atoms with Gasteiger partial charge in [-0.1, -0.05) is 54.2 Å². The molecule has 0 saturated carbocycles. The number of thioether (sulfide) groups is 1. The van der Waals surface area contributed by atoms with Gasteiger partial charge in [-0.25, -0.2) is 4.98 Å². The first-order valence-corrected chi connectivity index (χ1v) is 11.5. The van der Waals surface area contributed by atoms with Gasteiger partial charge in [0.15, 0.2) is 5.16 Å². The van der Waals surface area contributed by atoms with E-state index in [-0.39, 0.29) is 24.4 Å². The molecule has 1 saturated heterocycles. The number of carbonyl (C=O) groups is 2. The molecular weight excluding hydrogens is 426 g/mol. The van der Waals surface area contributed by atoms with E-state index < -0.39 is 11.2 Å². The van der Waals surface area contributed by atoms with E-state index in [4.69, 9.17) is 9.72 Å². The van der Waals surface area contributed by atoms with E-state index in [1.165, 1.54) is 23.4 Å². The summed E-state index contributed by atoms with van der Waals surface area (Å²) in [6.45, 7) is 1.61. The molecule has 2 heterocycles. The summed E-state index contributed by atoms with van der Waals surface area (Å²) in [5.41, 5.74) is 1.19. The third-order valence-corrected chi connectivity index (χ3v) is 6.79. The quantitative estimate of drug-likeness (QED) is 0.311. The van der Waals surface area contributed by atoms with Gasteiger partial charge in [0, 0.05) is 19.6 Å². The van der Waals surface area contributed by atoms with Gasteiger partial charge in [-0.05, 0) is 30.5 Å². The van der Waals surface area contributed by atoms with Gasteiger partial charge < -0.3 is 9.64 Å². The number of fused-ring (bicyclic) bond motifs is 1. The second kappa shape index (κ2) is 9.99. The molecule has 1 amide bonds. The van der Waals surface area contributed by atoms with Gasteiger partial charge in [0.25, 0.3) is 5.56 Å². The van der Waals surface area contributed by atoms with Gasteiger partial charge in [0.05, 0.1) is 24.4 Å². The van der Waals surface area contributed by atoms with Gasteiger partial charge in [-0.15, -0.1) is 0 Å². The third kappa shape index (κ3) is 4.70. The van der Waals surface area contributed by atoms with Crippen LogP contribution < -0.4 is 5.56 Å². The Kier molecular flexibility index (Phi) is 6.90. The fourth-order valence-electron chi connectivity index (χ4n) is 3.84. The maximum atomic E-state index is 13.4. The van der Waals surface area contributed by atoms with Crippen molar-refractivity contribution < 1.29 is 14.3 Å². The molecule has 32 heavy (non-hydrogen) atoms. The standard InChI is InChI=1S/C24H25N3O4S/c1-31-20(28)13-16-27-22(29)18-11-5-6-12-19(18)25-24(27)32-21(17-9-3-2-4-10-17)23(30)26-14-7-8-15-26/h2-6,9-12,21H,7-8,13-16H2,1H3. The molecule has 1 aromatic heterocycles. The van der Waals surface area contributed by atoms with E-state index in [2.05, 4.69) is 0 Å². The fraction of sp³-hybridized carbons (Fsp3) is 0.333. The maximum absolute atomic E-state index is 13.4. The number of methoxy groups -OCH3 is 1. The minimum absolute atomic E-state index is 0.0145. The number of carbonyl (C=O) groups excluding carboxylic acids is 2. The second-order valence-corrected chi connectivity index (χ2v) is 8.71. The van der Waals surface area contributed by atoms with Gasteiger partial charge >= 0.3 is 5.97 Å². The molecule has 3 aromatic rings. The molecule has 0 spiro atoms. The van der Waals surface area contributed by atoms with Crippen molar-refractivity contribution in [1.29, 1.82) is 0 Å². The highest BCUT2D eigenvalue weighted by Gasteiger charge is 2.30. The van der Waals surface area contributed by atoms with Crippen LogP contribution in [0.2, 0.25) is 0 Å². The highest BCUT2D eigenvalue weighted by Crippen LogP contribution is 2.36. The first-order chi connectivity index (χ1) is 15.6. The number of ether oxygens (including phenoxy) is 1. The number of rotatable bonds is 7.